The first-order valence-electron chi connectivity index (χ1n) is 9.23. The molecule has 2 aliphatic heterocycles. The van der Waals surface area contributed by atoms with Gasteiger partial charge in [-0.2, -0.15) is 5.10 Å². The van der Waals surface area contributed by atoms with Crippen LogP contribution in [0.1, 0.15) is 12.5 Å². The van der Waals surface area contributed by atoms with Gasteiger partial charge in [0, 0.05) is 37.9 Å². The number of piperazine rings is 2. The Hall–Kier alpha value is -2.78. The lowest BCUT2D eigenvalue weighted by Gasteiger charge is -2.45. The zero-order valence-corrected chi connectivity index (χ0v) is 15.5. The van der Waals surface area contributed by atoms with Crippen molar-refractivity contribution in [1.82, 2.24) is 24.9 Å². The molecule has 0 unspecified atom stereocenters. The van der Waals surface area contributed by atoms with Crippen molar-refractivity contribution < 1.29 is 19.1 Å². The fraction of sp³-hybridized carbons (Fsp3) is 0.421. The maximum Gasteiger partial charge on any atom is 0.248 e. The summed E-state index contributed by atoms with van der Waals surface area (Å²) < 4.78 is 15.0. The summed E-state index contributed by atoms with van der Waals surface area (Å²) in [6.45, 7) is 3.53. The number of carbonyl (C=O) groups excluding carboxylic acids is 2. The van der Waals surface area contributed by atoms with E-state index < -0.39 is 18.2 Å². The van der Waals surface area contributed by atoms with Crippen molar-refractivity contribution in [2.24, 2.45) is 0 Å². The summed E-state index contributed by atoms with van der Waals surface area (Å²) >= 11 is 0. The number of benzene rings is 1. The number of aliphatic hydroxyl groups is 1. The minimum Gasteiger partial charge on any atom is -0.391 e. The molecule has 1 aromatic heterocycles. The number of hydrogen-bond acceptors (Lipinski definition) is 5. The lowest BCUT2D eigenvalue weighted by atomic mass is 10.0. The molecule has 28 heavy (non-hydrogen) atoms. The molecule has 0 spiro atoms. The Morgan fingerprint density at radius 2 is 2.18 bits per heavy atom. The molecule has 1 aromatic carbocycles. The molecule has 0 bridgehead atoms. The van der Waals surface area contributed by atoms with Gasteiger partial charge in [-0.15, -0.1) is 0 Å². The molecule has 0 radical (unpaired) electrons. The fourth-order valence-corrected chi connectivity index (χ4v) is 3.75. The Morgan fingerprint density at radius 3 is 2.93 bits per heavy atom. The van der Waals surface area contributed by atoms with Crippen molar-refractivity contribution in [3.63, 3.8) is 0 Å². The average molecular weight is 387 g/mol. The Balaban J connectivity index is 1.43. The molecule has 4 rings (SSSR count). The number of halogens is 1. The van der Waals surface area contributed by atoms with E-state index in [0.717, 1.165) is 5.56 Å². The third-order valence-corrected chi connectivity index (χ3v) is 5.21. The van der Waals surface area contributed by atoms with Gasteiger partial charge in [-0.05, 0) is 25.1 Å². The Morgan fingerprint density at radius 1 is 1.36 bits per heavy atom. The van der Waals surface area contributed by atoms with Crippen molar-refractivity contribution in [2.45, 2.75) is 31.7 Å². The second-order valence-corrected chi connectivity index (χ2v) is 7.28. The summed E-state index contributed by atoms with van der Waals surface area (Å²) in [7, 11) is 0. The third kappa shape index (κ3) is 3.50. The van der Waals surface area contributed by atoms with Gasteiger partial charge in [0.05, 0.1) is 18.0 Å². The molecular formula is C19H22FN5O3. The number of nitrogens with one attached hydrogen (secondary N) is 1. The summed E-state index contributed by atoms with van der Waals surface area (Å²) in [4.78, 5) is 28.5. The average Bonchev–Trinajstić information content (AvgIpc) is 3.13. The van der Waals surface area contributed by atoms with Crippen LogP contribution >= 0.6 is 0 Å². The van der Waals surface area contributed by atoms with Gasteiger partial charge in [0.25, 0.3) is 0 Å². The van der Waals surface area contributed by atoms with Crippen LogP contribution in [0.5, 0.6) is 0 Å². The second-order valence-electron chi connectivity index (χ2n) is 7.28. The molecule has 2 N–H and O–H groups in total. The summed E-state index contributed by atoms with van der Waals surface area (Å²) in [5, 5.41) is 16.6. The number of nitrogens with zero attached hydrogens (tertiary/aromatic N) is 4. The van der Waals surface area contributed by atoms with Gasteiger partial charge in [0.15, 0.2) is 0 Å². The van der Waals surface area contributed by atoms with Gasteiger partial charge in [-0.1, -0.05) is 6.07 Å². The topological polar surface area (TPSA) is 90.7 Å². The van der Waals surface area contributed by atoms with Crippen molar-refractivity contribution in [3.8, 4) is 5.69 Å². The highest BCUT2D eigenvalue weighted by Gasteiger charge is 2.44. The van der Waals surface area contributed by atoms with Gasteiger partial charge in [0.1, 0.15) is 17.9 Å². The number of aromatic nitrogens is 2. The minimum atomic E-state index is -0.927. The maximum absolute atomic E-state index is 13.4. The lowest BCUT2D eigenvalue weighted by molar-refractivity contribution is -0.156. The van der Waals surface area contributed by atoms with Crippen molar-refractivity contribution in [1.29, 1.82) is 0 Å². The first-order chi connectivity index (χ1) is 13.4. The summed E-state index contributed by atoms with van der Waals surface area (Å²) in [6.07, 6.45) is 2.62. The quantitative estimate of drug-likeness (QED) is 0.765. The highest BCUT2D eigenvalue weighted by Crippen LogP contribution is 2.19. The van der Waals surface area contributed by atoms with Crippen molar-refractivity contribution in [2.75, 3.05) is 19.6 Å². The first-order valence-corrected chi connectivity index (χ1v) is 9.23. The SMILES string of the molecule is C[C@H](O)[C@H]1NC(=O)[C@H]2CN(Cc3cnn(-c4cccc(F)c4)c3)CCN2C1=O. The predicted molar refractivity (Wildman–Crippen MR) is 97.9 cm³/mol. The van der Waals surface area contributed by atoms with E-state index in [-0.39, 0.29) is 17.6 Å². The van der Waals surface area contributed by atoms with Crippen LogP contribution in [0.4, 0.5) is 4.39 Å². The molecule has 0 aliphatic carbocycles. The van der Waals surface area contributed by atoms with Crippen LogP contribution in [0.15, 0.2) is 36.7 Å². The van der Waals surface area contributed by atoms with E-state index in [2.05, 4.69) is 15.3 Å². The molecule has 148 valence electrons. The standard InChI is InChI=1S/C19H22FN5O3/c1-12(26)17-19(28)24-6-5-23(11-16(24)18(27)22-17)9-13-8-21-25(10-13)15-4-2-3-14(20)7-15/h2-4,7-8,10,12,16-17,26H,5-6,9,11H2,1H3,(H,22,27)/t12-,16+,17+/m0/s1. The number of fused-ring (bicyclic) bond motifs is 1. The molecule has 2 aromatic rings. The van der Waals surface area contributed by atoms with Crippen LogP contribution in [0.2, 0.25) is 0 Å². The predicted octanol–water partition coefficient (Wildman–Crippen LogP) is -0.0966. The van der Waals surface area contributed by atoms with Crippen LogP contribution in [0, 0.1) is 5.82 Å². The van der Waals surface area contributed by atoms with Crippen LogP contribution in [0.3, 0.4) is 0 Å². The Labute approximate surface area is 161 Å². The van der Waals surface area contributed by atoms with Crippen molar-refractivity contribution in [3.05, 3.63) is 48.0 Å². The lowest BCUT2D eigenvalue weighted by Crippen LogP contribution is -2.70. The summed E-state index contributed by atoms with van der Waals surface area (Å²) in [5.41, 5.74) is 1.57. The van der Waals surface area contributed by atoms with Gasteiger partial charge in [-0.25, -0.2) is 9.07 Å². The number of aliphatic hydroxyl groups excluding tert-OH is 1. The Kier molecular flexibility index (Phi) is 4.86. The molecule has 8 nitrogen and oxygen atoms in total. The molecule has 3 heterocycles. The zero-order chi connectivity index (χ0) is 19.8. The van der Waals surface area contributed by atoms with Crippen molar-refractivity contribution >= 4 is 11.8 Å². The van der Waals surface area contributed by atoms with E-state index >= 15 is 0 Å². The number of hydrogen-bond donors (Lipinski definition) is 2. The largest absolute Gasteiger partial charge is 0.391 e. The van der Waals surface area contributed by atoms with Crippen LogP contribution in [-0.4, -0.2) is 74.3 Å². The van der Waals surface area contributed by atoms with E-state index in [0.29, 0.717) is 31.9 Å². The van der Waals surface area contributed by atoms with E-state index in [1.165, 1.54) is 19.1 Å². The molecule has 0 saturated carbocycles. The van der Waals surface area contributed by atoms with Gasteiger partial charge in [-0.3, -0.25) is 14.5 Å². The highest BCUT2D eigenvalue weighted by atomic mass is 19.1. The van der Waals surface area contributed by atoms with Crippen LogP contribution in [-0.2, 0) is 16.1 Å². The van der Waals surface area contributed by atoms with Crippen LogP contribution < -0.4 is 5.32 Å². The maximum atomic E-state index is 13.4. The minimum absolute atomic E-state index is 0.238. The van der Waals surface area contributed by atoms with E-state index in [1.54, 1.807) is 27.9 Å². The molecule has 2 amide bonds. The molecular weight excluding hydrogens is 365 g/mol. The van der Waals surface area contributed by atoms with E-state index in [1.807, 2.05) is 6.20 Å². The molecule has 9 heteroatoms. The smallest absolute Gasteiger partial charge is 0.248 e. The first kappa shape index (κ1) is 18.6. The van der Waals surface area contributed by atoms with Gasteiger partial charge >= 0.3 is 0 Å². The van der Waals surface area contributed by atoms with Gasteiger partial charge < -0.3 is 15.3 Å². The summed E-state index contributed by atoms with van der Waals surface area (Å²) in [6, 6.07) is 4.76. The Bertz CT molecular complexity index is 899. The fourth-order valence-electron chi connectivity index (χ4n) is 3.75. The van der Waals surface area contributed by atoms with Gasteiger partial charge in [0.2, 0.25) is 11.8 Å². The monoisotopic (exact) mass is 387 g/mol. The molecule has 2 aliphatic rings. The zero-order valence-electron chi connectivity index (χ0n) is 15.5. The highest BCUT2D eigenvalue weighted by molar-refractivity contribution is 5.97. The van der Waals surface area contributed by atoms with Crippen LogP contribution in [0.25, 0.3) is 5.69 Å². The molecule has 3 atom stereocenters. The van der Waals surface area contributed by atoms with E-state index in [9.17, 15) is 19.1 Å². The summed E-state index contributed by atoms with van der Waals surface area (Å²) in [5.74, 6) is -0.807. The molecule has 2 saturated heterocycles. The van der Waals surface area contributed by atoms with E-state index in [4.69, 9.17) is 0 Å². The number of amides is 2. The number of carbonyl (C=O) groups is 2. The third-order valence-electron chi connectivity index (χ3n) is 5.21. The number of rotatable bonds is 4. The second kappa shape index (κ2) is 7.33. The molecule has 2 fully saturated rings. The normalized spacial score (nSPS) is 24.0.